The topological polar surface area (TPSA) is 135 Å². The van der Waals surface area contributed by atoms with E-state index in [4.69, 9.17) is 18.9 Å². The van der Waals surface area contributed by atoms with Crippen LogP contribution < -0.4 is 0 Å². The molecule has 0 spiro atoms. The van der Waals surface area contributed by atoms with E-state index in [1.54, 1.807) is 0 Å². The summed E-state index contributed by atoms with van der Waals surface area (Å²) in [6, 6.07) is 0. The van der Waals surface area contributed by atoms with Crippen LogP contribution in [0.5, 0.6) is 0 Å². The molecule has 1 heterocycles. The van der Waals surface area contributed by atoms with E-state index in [1.807, 2.05) is 0 Å². The molecule has 1 aliphatic rings. The molecule has 364 valence electrons. The first-order valence-electron chi connectivity index (χ1n) is 25.5. The third kappa shape index (κ3) is 35.6. The van der Waals surface area contributed by atoms with Crippen molar-refractivity contribution in [2.45, 2.75) is 237 Å². The molecule has 9 heteroatoms. The molecule has 0 bridgehead atoms. The van der Waals surface area contributed by atoms with Crippen LogP contribution in [0.25, 0.3) is 0 Å². The minimum Gasteiger partial charge on any atom is -0.457 e. The Bertz CT molecular complexity index is 1190. The summed E-state index contributed by atoms with van der Waals surface area (Å²) in [7, 11) is 0. The maximum absolute atomic E-state index is 12.8. The van der Waals surface area contributed by atoms with E-state index < -0.39 is 43.4 Å². The van der Waals surface area contributed by atoms with Gasteiger partial charge in [0.15, 0.2) is 6.29 Å². The lowest BCUT2D eigenvalue weighted by molar-refractivity contribution is -0.305. The molecule has 1 fully saturated rings. The van der Waals surface area contributed by atoms with E-state index in [0.717, 1.165) is 83.5 Å². The lowest BCUT2D eigenvalue weighted by Gasteiger charge is -2.39. The highest BCUT2D eigenvalue weighted by molar-refractivity contribution is 5.69. The number of hydrogen-bond donors (Lipinski definition) is 4. The zero-order chi connectivity index (χ0) is 45.7. The highest BCUT2D eigenvalue weighted by Crippen LogP contribution is 2.23. The van der Waals surface area contributed by atoms with Gasteiger partial charge in [-0.25, -0.2) is 0 Å². The van der Waals surface area contributed by atoms with Crippen LogP contribution in [0.2, 0.25) is 0 Å². The molecule has 63 heavy (non-hydrogen) atoms. The SMILES string of the molecule is CC/C=C\C/C=C\C/C=C\C/C=C\C/C=C\C/C=C\CCCCCOCC(COC1OC(CO)C(O)C(O)C1O)OC(=O)CCCCCCCCCCCCCCCCCCCC. The molecule has 4 N–H and O–H groups in total. The fourth-order valence-electron chi connectivity index (χ4n) is 7.44. The Morgan fingerprint density at radius 3 is 1.44 bits per heavy atom. The summed E-state index contributed by atoms with van der Waals surface area (Å²) in [6.45, 7) is 4.38. The first kappa shape index (κ1) is 58.6. The molecule has 1 saturated heterocycles. The number of esters is 1. The van der Waals surface area contributed by atoms with Crippen molar-refractivity contribution in [2.24, 2.45) is 0 Å². The van der Waals surface area contributed by atoms with Crippen LogP contribution in [0, 0.1) is 0 Å². The van der Waals surface area contributed by atoms with Gasteiger partial charge in [0.05, 0.1) is 19.8 Å². The number of carbonyl (C=O) groups excluding carboxylic acids is 1. The minimum atomic E-state index is -1.55. The van der Waals surface area contributed by atoms with Gasteiger partial charge in [-0.1, -0.05) is 202 Å². The van der Waals surface area contributed by atoms with Crippen LogP contribution >= 0.6 is 0 Å². The van der Waals surface area contributed by atoms with Gasteiger partial charge in [-0.05, 0) is 64.2 Å². The smallest absolute Gasteiger partial charge is 0.306 e. The molecule has 6 atom stereocenters. The molecule has 0 saturated carbocycles. The van der Waals surface area contributed by atoms with Crippen LogP contribution in [0.1, 0.15) is 200 Å². The molecule has 0 radical (unpaired) electrons. The van der Waals surface area contributed by atoms with Gasteiger partial charge in [-0.3, -0.25) is 4.79 Å². The second-order valence-electron chi connectivity index (χ2n) is 17.2. The van der Waals surface area contributed by atoms with E-state index in [0.29, 0.717) is 13.0 Å². The highest BCUT2D eigenvalue weighted by atomic mass is 16.7. The van der Waals surface area contributed by atoms with Crippen LogP contribution in [0.3, 0.4) is 0 Å². The van der Waals surface area contributed by atoms with Crippen molar-refractivity contribution in [1.29, 1.82) is 0 Å². The van der Waals surface area contributed by atoms with Gasteiger partial charge in [0.25, 0.3) is 0 Å². The van der Waals surface area contributed by atoms with E-state index in [9.17, 15) is 25.2 Å². The largest absolute Gasteiger partial charge is 0.457 e. The average Bonchev–Trinajstić information content (AvgIpc) is 3.28. The van der Waals surface area contributed by atoms with E-state index in [1.165, 1.54) is 96.3 Å². The summed E-state index contributed by atoms with van der Waals surface area (Å²) in [5.74, 6) is -0.325. The number of carbonyl (C=O) groups is 1. The van der Waals surface area contributed by atoms with Crippen molar-refractivity contribution in [3.8, 4) is 0 Å². The second-order valence-corrected chi connectivity index (χ2v) is 17.2. The fourth-order valence-corrected chi connectivity index (χ4v) is 7.44. The van der Waals surface area contributed by atoms with E-state index >= 15 is 0 Å². The standard InChI is InChI=1S/C54H94O9/c1-3-5-7-9-11-13-15-17-19-21-23-24-25-26-28-30-32-34-36-38-40-42-44-60-46-48(47-61-54-53(59)52(58)51(57)49(45-55)63-54)62-50(56)43-41-39-37-35-33-31-29-27-22-20-18-16-14-12-10-8-6-4-2/h5,7,11,13,17,19,23-24,26,28,32,34,48-49,51-55,57-59H,3-4,6,8-10,12,14-16,18,20-22,25,27,29-31,33,35-47H2,1-2H3/b7-5-,13-11-,19-17-,24-23-,28-26-,34-32-. The zero-order valence-electron chi connectivity index (χ0n) is 40.1. The first-order chi connectivity index (χ1) is 30.9. The van der Waals surface area contributed by atoms with E-state index in [2.05, 4.69) is 86.8 Å². The molecular formula is C54H94O9. The second kappa shape index (κ2) is 44.8. The molecule has 0 aromatic heterocycles. The Labute approximate surface area is 385 Å². The van der Waals surface area contributed by atoms with Crippen molar-refractivity contribution in [3.63, 3.8) is 0 Å². The Morgan fingerprint density at radius 1 is 0.524 bits per heavy atom. The molecule has 0 amide bonds. The number of hydrogen-bond acceptors (Lipinski definition) is 9. The summed E-state index contributed by atoms with van der Waals surface area (Å²) in [4.78, 5) is 12.8. The Balaban J connectivity index is 2.25. The first-order valence-corrected chi connectivity index (χ1v) is 25.5. The predicted molar refractivity (Wildman–Crippen MR) is 260 cm³/mol. The molecule has 0 aromatic carbocycles. The number of allylic oxidation sites excluding steroid dienone is 12. The Hall–Kier alpha value is -2.37. The molecule has 0 aromatic rings. The van der Waals surface area contributed by atoms with Gasteiger partial charge < -0.3 is 39.4 Å². The third-order valence-electron chi connectivity index (χ3n) is 11.4. The van der Waals surface area contributed by atoms with Crippen molar-refractivity contribution in [1.82, 2.24) is 0 Å². The Kier molecular flexibility index (Phi) is 41.7. The number of ether oxygens (including phenoxy) is 4. The molecule has 1 aliphatic heterocycles. The maximum Gasteiger partial charge on any atom is 0.306 e. The van der Waals surface area contributed by atoms with Crippen LogP contribution in [-0.2, 0) is 23.7 Å². The zero-order valence-corrected chi connectivity index (χ0v) is 40.1. The summed E-state index contributed by atoms with van der Waals surface area (Å²) in [5.41, 5.74) is 0. The van der Waals surface area contributed by atoms with Gasteiger partial charge in [0, 0.05) is 13.0 Å². The summed E-state index contributed by atoms with van der Waals surface area (Å²) < 4.78 is 22.9. The van der Waals surface area contributed by atoms with Gasteiger partial charge in [-0.2, -0.15) is 0 Å². The molecule has 0 aliphatic carbocycles. The normalized spacial score (nSPS) is 20.3. The summed E-state index contributed by atoms with van der Waals surface area (Å²) >= 11 is 0. The van der Waals surface area contributed by atoms with Crippen LogP contribution in [-0.4, -0.2) is 89.6 Å². The van der Waals surface area contributed by atoms with E-state index in [-0.39, 0.29) is 19.2 Å². The van der Waals surface area contributed by atoms with Crippen molar-refractivity contribution in [2.75, 3.05) is 26.4 Å². The number of aliphatic hydroxyl groups excluding tert-OH is 4. The van der Waals surface area contributed by atoms with Gasteiger partial charge >= 0.3 is 5.97 Å². The molecular weight excluding hydrogens is 793 g/mol. The quantitative estimate of drug-likeness (QED) is 0.0268. The van der Waals surface area contributed by atoms with Crippen LogP contribution in [0.15, 0.2) is 72.9 Å². The highest BCUT2D eigenvalue weighted by Gasteiger charge is 2.44. The monoisotopic (exact) mass is 887 g/mol. The molecule has 9 nitrogen and oxygen atoms in total. The maximum atomic E-state index is 12.8. The average molecular weight is 887 g/mol. The lowest BCUT2D eigenvalue weighted by Crippen LogP contribution is -2.59. The van der Waals surface area contributed by atoms with Gasteiger partial charge in [0.1, 0.15) is 30.5 Å². The lowest BCUT2D eigenvalue weighted by atomic mass is 9.99. The number of aliphatic hydroxyl groups is 4. The number of rotatable bonds is 43. The van der Waals surface area contributed by atoms with Gasteiger partial charge in [-0.15, -0.1) is 0 Å². The number of unbranched alkanes of at least 4 members (excludes halogenated alkanes) is 20. The summed E-state index contributed by atoms with van der Waals surface area (Å²) in [6.07, 6.45) is 52.2. The third-order valence-corrected chi connectivity index (χ3v) is 11.4. The van der Waals surface area contributed by atoms with Crippen LogP contribution in [0.4, 0.5) is 0 Å². The molecule has 6 unspecified atom stereocenters. The van der Waals surface area contributed by atoms with Gasteiger partial charge in [0.2, 0.25) is 0 Å². The fraction of sp³-hybridized carbons (Fsp3) is 0.759. The summed E-state index contributed by atoms with van der Waals surface area (Å²) in [5, 5.41) is 40.2. The van der Waals surface area contributed by atoms with Crippen molar-refractivity contribution in [3.05, 3.63) is 72.9 Å². The predicted octanol–water partition coefficient (Wildman–Crippen LogP) is 12.4. The molecule has 1 rings (SSSR count). The minimum absolute atomic E-state index is 0.120. The van der Waals surface area contributed by atoms with Crippen molar-refractivity contribution >= 4 is 5.97 Å². The Morgan fingerprint density at radius 2 is 0.968 bits per heavy atom. The van der Waals surface area contributed by atoms with Crippen molar-refractivity contribution < 1.29 is 44.2 Å².